The molecule has 4 aromatic rings. The number of aromatic nitrogens is 1. The normalized spacial score (nSPS) is 15.9. The zero-order valence-corrected chi connectivity index (χ0v) is 16.9. The van der Waals surface area contributed by atoms with E-state index in [9.17, 15) is 14.9 Å². The fourth-order valence-electron chi connectivity index (χ4n) is 3.96. The third-order valence-electron chi connectivity index (χ3n) is 5.42. The summed E-state index contributed by atoms with van der Waals surface area (Å²) < 4.78 is 0. The Hall–Kier alpha value is -4.52. The molecule has 0 spiro atoms. The van der Waals surface area contributed by atoms with Gasteiger partial charge in [0, 0.05) is 23.1 Å². The number of urea groups is 1. The van der Waals surface area contributed by atoms with Crippen molar-refractivity contribution in [3.05, 3.63) is 118 Å². The smallest absolute Gasteiger partial charge is 0.320 e. The average molecular weight is 422 g/mol. The number of carbonyl (C=O) groups excluding carboxylic acids is 1. The molecule has 2 heterocycles. The predicted octanol–water partition coefficient (Wildman–Crippen LogP) is 5.07. The van der Waals surface area contributed by atoms with Crippen molar-refractivity contribution in [1.29, 1.82) is 0 Å². The number of amides is 2. The number of fused-ring (bicyclic) bond motifs is 1. The van der Waals surface area contributed by atoms with Gasteiger partial charge in [-0.1, -0.05) is 66.7 Å². The van der Waals surface area contributed by atoms with E-state index in [4.69, 9.17) is 4.98 Å². The Kier molecular flexibility index (Phi) is 4.84. The maximum atomic E-state index is 12.6. The Balaban J connectivity index is 1.77. The molecular formula is C25H18N4O3. The van der Waals surface area contributed by atoms with Gasteiger partial charge in [0.25, 0.3) is 5.69 Å². The highest BCUT2D eigenvalue weighted by Crippen LogP contribution is 2.38. The first kappa shape index (κ1) is 19.4. The predicted molar refractivity (Wildman–Crippen MR) is 123 cm³/mol. The number of nitrogens with one attached hydrogen (secondary N) is 2. The van der Waals surface area contributed by atoms with Crippen LogP contribution in [0.3, 0.4) is 0 Å². The highest BCUT2D eigenvalue weighted by Gasteiger charge is 2.31. The van der Waals surface area contributed by atoms with Crippen LogP contribution in [0.25, 0.3) is 22.2 Å². The zero-order valence-electron chi connectivity index (χ0n) is 16.9. The quantitative estimate of drug-likeness (QED) is 0.355. The summed E-state index contributed by atoms with van der Waals surface area (Å²) in [4.78, 5) is 28.4. The van der Waals surface area contributed by atoms with Gasteiger partial charge < -0.3 is 10.6 Å². The van der Waals surface area contributed by atoms with Crippen molar-refractivity contribution in [1.82, 2.24) is 15.6 Å². The van der Waals surface area contributed by atoms with Gasteiger partial charge in [0.05, 0.1) is 27.9 Å². The molecule has 0 aliphatic carbocycles. The number of rotatable bonds is 4. The summed E-state index contributed by atoms with van der Waals surface area (Å²) in [6, 6.07) is 26.5. The van der Waals surface area contributed by atoms with Crippen LogP contribution in [0.2, 0.25) is 0 Å². The lowest BCUT2D eigenvalue weighted by molar-refractivity contribution is -0.384. The number of nitro benzene ring substituents is 1. The topological polar surface area (TPSA) is 97.2 Å². The largest absolute Gasteiger partial charge is 0.327 e. The second-order valence-corrected chi connectivity index (χ2v) is 7.43. The van der Waals surface area contributed by atoms with Gasteiger partial charge >= 0.3 is 6.03 Å². The minimum Gasteiger partial charge on any atom is -0.327 e. The Morgan fingerprint density at radius 3 is 2.47 bits per heavy atom. The molecule has 1 atom stereocenters. The van der Waals surface area contributed by atoms with Crippen LogP contribution in [0.15, 0.2) is 91.0 Å². The molecule has 0 saturated carbocycles. The fourth-order valence-corrected chi connectivity index (χ4v) is 3.96. The second kappa shape index (κ2) is 7.96. The molecular weight excluding hydrogens is 404 g/mol. The standard InChI is InChI=1S/C25H18N4O3/c30-25-27-23(17-8-2-1-3-9-17)22(21-14-13-16-7-4-5-12-20(16)26-21)24(28-25)18-10-6-11-19(15-18)29(31)32/h1-15,24H,(H2,27,28,30)/t24-/m0/s1. The third-order valence-corrected chi connectivity index (χ3v) is 5.42. The molecule has 7 nitrogen and oxygen atoms in total. The van der Waals surface area contributed by atoms with Crippen LogP contribution in [0, 0.1) is 10.1 Å². The molecule has 5 rings (SSSR count). The van der Waals surface area contributed by atoms with Gasteiger partial charge in [0.1, 0.15) is 0 Å². The molecule has 2 N–H and O–H groups in total. The summed E-state index contributed by atoms with van der Waals surface area (Å²) in [5.74, 6) is 0. The highest BCUT2D eigenvalue weighted by atomic mass is 16.6. The second-order valence-electron chi connectivity index (χ2n) is 7.43. The van der Waals surface area contributed by atoms with E-state index in [1.165, 1.54) is 12.1 Å². The van der Waals surface area contributed by atoms with Gasteiger partial charge in [-0.2, -0.15) is 0 Å². The van der Waals surface area contributed by atoms with Gasteiger partial charge in [-0.05, 0) is 23.3 Å². The first-order chi connectivity index (χ1) is 15.6. The molecule has 0 bridgehead atoms. The molecule has 156 valence electrons. The number of nitro groups is 1. The molecule has 3 aromatic carbocycles. The molecule has 32 heavy (non-hydrogen) atoms. The molecule has 1 aromatic heterocycles. The minimum atomic E-state index is -0.618. The van der Waals surface area contributed by atoms with Gasteiger partial charge in [-0.15, -0.1) is 0 Å². The van der Waals surface area contributed by atoms with Crippen LogP contribution in [0.4, 0.5) is 10.5 Å². The van der Waals surface area contributed by atoms with Crippen molar-refractivity contribution in [2.45, 2.75) is 6.04 Å². The first-order valence-electron chi connectivity index (χ1n) is 10.1. The van der Waals surface area contributed by atoms with Crippen LogP contribution in [-0.2, 0) is 0 Å². The van der Waals surface area contributed by atoms with E-state index in [0.717, 1.165) is 22.0 Å². The molecule has 2 amide bonds. The summed E-state index contributed by atoms with van der Waals surface area (Å²) in [5.41, 5.74) is 4.24. The van der Waals surface area contributed by atoms with E-state index in [2.05, 4.69) is 10.6 Å². The molecule has 0 unspecified atom stereocenters. The number of carbonyl (C=O) groups is 1. The van der Waals surface area contributed by atoms with Crippen molar-refractivity contribution >= 4 is 33.9 Å². The maximum Gasteiger partial charge on any atom is 0.320 e. The molecule has 1 aliphatic heterocycles. The number of pyridine rings is 1. The van der Waals surface area contributed by atoms with E-state index in [-0.39, 0.29) is 11.7 Å². The number of hydrogen-bond acceptors (Lipinski definition) is 4. The van der Waals surface area contributed by atoms with Crippen LogP contribution in [0.5, 0.6) is 0 Å². The van der Waals surface area contributed by atoms with Crippen molar-refractivity contribution in [3.8, 4) is 0 Å². The summed E-state index contributed by atoms with van der Waals surface area (Å²) in [5, 5.41) is 18.2. The number of nitrogens with zero attached hydrogens (tertiary/aromatic N) is 2. The van der Waals surface area contributed by atoms with Crippen LogP contribution < -0.4 is 10.6 Å². The average Bonchev–Trinajstić information content (AvgIpc) is 2.84. The van der Waals surface area contributed by atoms with Gasteiger partial charge in [0.15, 0.2) is 0 Å². The van der Waals surface area contributed by atoms with Crippen LogP contribution >= 0.6 is 0 Å². The first-order valence-corrected chi connectivity index (χ1v) is 10.1. The molecule has 0 radical (unpaired) electrons. The number of benzene rings is 3. The minimum absolute atomic E-state index is 0.0395. The SMILES string of the molecule is O=C1NC(c2ccccc2)=C(c2ccc3ccccc3n2)[C@H](c2cccc([N+](=O)[O-])c2)N1. The van der Waals surface area contributed by atoms with Crippen LogP contribution in [-0.4, -0.2) is 15.9 Å². The molecule has 0 saturated heterocycles. The summed E-state index contributed by atoms with van der Waals surface area (Å²) >= 11 is 0. The van der Waals surface area contributed by atoms with E-state index < -0.39 is 11.0 Å². The van der Waals surface area contributed by atoms with Gasteiger partial charge in [-0.25, -0.2) is 9.78 Å². The summed E-state index contributed by atoms with van der Waals surface area (Å²) in [6.45, 7) is 0. The van der Waals surface area contributed by atoms with Crippen LogP contribution in [0.1, 0.15) is 22.9 Å². The van der Waals surface area contributed by atoms with E-state index in [1.54, 1.807) is 12.1 Å². The number of para-hydroxylation sites is 1. The van der Waals surface area contributed by atoms with Crippen molar-refractivity contribution in [2.24, 2.45) is 0 Å². The van der Waals surface area contributed by atoms with Crippen molar-refractivity contribution in [2.75, 3.05) is 0 Å². The van der Waals surface area contributed by atoms with Crippen molar-refractivity contribution < 1.29 is 9.72 Å². The van der Waals surface area contributed by atoms with Gasteiger partial charge in [-0.3, -0.25) is 10.1 Å². The summed E-state index contributed by atoms with van der Waals surface area (Å²) in [7, 11) is 0. The lowest BCUT2D eigenvalue weighted by atomic mass is 9.90. The van der Waals surface area contributed by atoms with E-state index in [0.29, 0.717) is 17.0 Å². The monoisotopic (exact) mass is 422 g/mol. The number of non-ortho nitro benzene ring substituents is 1. The Morgan fingerprint density at radius 2 is 1.66 bits per heavy atom. The lowest BCUT2D eigenvalue weighted by Gasteiger charge is -2.30. The highest BCUT2D eigenvalue weighted by molar-refractivity contribution is 6.03. The Morgan fingerprint density at radius 1 is 0.875 bits per heavy atom. The molecule has 1 aliphatic rings. The van der Waals surface area contributed by atoms with Gasteiger partial charge in [0.2, 0.25) is 0 Å². The van der Waals surface area contributed by atoms with E-state index >= 15 is 0 Å². The maximum absolute atomic E-state index is 12.6. The lowest BCUT2D eigenvalue weighted by Crippen LogP contribution is -2.43. The van der Waals surface area contributed by atoms with Crippen molar-refractivity contribution in [3.63, 3.8) is 0 Å². The Bertz CT molecular complexity index is 1380. The zero-order chi connectivity index (χ0) is 22.1. The molecule has 0 fully saturated rings. The fraction of sp³-hybridized carbons (Fsp3) is 0.0400. The summed E-state index contributed by atoms with van der Waals surface area (Å²) in [6.07, 6.45) is 0. The Labute approximate surface area is 183 Å². The molecule has 7 heteroatoms. The number of hydrogen-bond donors (Lipinski definition) is 2. The third kappa shape index (κ3) is 3.56. The van der Waals surface area contributed by atoms with E-state index in [1.807, 2.05) is 66.7 Å².